The van der Waals surface area contributed by atoms with Gasteiger partial charge in [-0.3, -0.25) is 0 Å². The molecule has 0 spiro atoms. The van der Waals surface area contributed by atoms with E-state index in [1.54, 1.807) is 0 Å². The van der Waals surface area contributed by atoms with Gasteiger partial charge in [0.15, 0.2) is 0 Å². The molecule has 0 aliphatic carbocycles. The Morgan fingerprint density at radius 1 is 1.00 bits per heavy atom. The number of hydrogen-bond acceptors (Lipinski definition) is 2. The summed E-state index contributed by atoms with van der Waals surface area (Å²) in [4.78, 5) is 0. The zero-order chi connectivity index (χ0) is 4.12. The Kier molecular flexibility index (Phi) is 37.9. The number of rotatable bonds is 2. The van der Waals surface area contributed by atoms with Crippen LogP contribution in [0.1, 0.15) is 6.42 Å². The summed E-state index contributed by atoms with van der Waals surface area (Å²) in [5.41, 5.74) is 0. The monoisotopic (exact) mass is 142 g/mol. The van der Waals surface area contributed by atoms with Gasteiger partial charge in [0.25, 0.3) is 0 Å². The van der Waals surface area contributed by atoms with Crippen molar-refractivity contribution in [3.05, 3.63) is 0 Å². The predicted molar refractivity (Wildman–Crippen MR) is 36.7 cm³/mol. The summed E-state index contributed by atoms with van der Waals surface area (Å²) in [6.45, 7) is 0. The van der Waals surface area contributed by atoms with Crippen molar-refractivity contribution in [1.82, 2.24) is 0 Å². The molecule has 0 aromatic carbocycles. The van der Waals surface area contributed by atoms with Crippen molar-refractivity contribution in [3.63, 3.8) is 0 Å². The molecular formula is C3H8Cl2N2. The van der Waals surface area contributed by atoms with E-state index in [1.807, 2.05) is 0 Å². The van der Waals surface area contributed by atoms with Crippen molar-refractivity contribution in [2.75, 3.05) is 0 Å². The number of nitrogens with one attached hydrogen (secondary N) is 2. The van der Waals surface area contributed by atoms with E-state index in [-0.39, 0.29) is 24.8 Å². The van der Waals surface area contributed by atoms with Gasteiger partial charge in [0.1, 0.15) is 0 Å². The van der Waals surface area contributed by atoms with E-state index in [4.69, 9.17) is 10.8 Å². The zero-order valence-electron chi connectivity index (χ0n) is 3.68. The fourth-order valence-corrected chi connectivity index (χ4v) is 0.0589. The molecule has 0 aromatic rings. The van der Waals surface area contributed by atoms with Gasteiger partial charge in [-0.1, -0.05) is 0 Å². The summed E-state index contributed by atoms with van der Waals surface area (Å²) in [5.74, 6) is 0. The average Bonchev–Trinajstić information content (AvgIpc) is 1.41. The lowest BCUT2D eigenvalue weighted by atomic mass is 10.5. The van der Waals surface area contributed by atoms with Gasteiger partial charge in [0, 0.05) is 18.9 Å². The van der Waals surface area contributed by atoms with Crippen LogP contribution >= 0.6 is 24.8 Å². The van der Waals surface area contributed by atoms with Crippen molar-refractivity contribution in [2.24, 2.45) is 0 Å². The molecule has 4 heteroatoms. The molecule has 0 rings (SSSR count). The summed E-state index contributed by atoms with van der Waals surface area (Å²) < 4.78 is 0. The van der Waals surface area contributed by atoms with E-state index in [1.165, 1.54) is 12.4 Å². The Morgan fingerprint density at radius 2 is 1.29 bits per heavy atom. The number of hydrogen-bond donors (Lipinski definition) is 2. The quantitative estimate of drug-likeness (QED) is 0.550. The maximum Gasteiger partial charge on any atom is 0.0169 e. The molecule has 0 aliphatic rings. The molecule has 0 saturated carbocycles. The van der Waals surface area contributed by atoms with Crippen molar-refractivity contribution in [1.29, 1.82) is 10.8 Å². The van der Waals surface area contributed by atoms with Crippen molar-refractivity contribution >= 4 is 37.2 Å². The highest BCUT2D eigenvalue weighted by Gasteiger charge is 1.56. The second-order valence-electron chi connectivity index (χ2n) is 0.644. The highest BCUT2D eigenvalue weighted by atomic mass is 35.5. The molecule has 7 heavy (non-hydrogen) atoms. The molecule has 0 fully saturated rings. The summed E-state index contributed by atoms with van der Waals surface area (Å²) in [6.07, 6.45) is 2.85. The third-order valence-electron chi connectivity index (χ3n) is 0.236. The second-order valence-corrected chi connectivity index (χ2v) is 0.644. The van der Waals surface area contributed by atoms with Crippen molar-refractivity contribution in [2.45, 2.75) is 6.42 Å². The predicted octanol–water partition coefficient (Wildman–Crippen LogP) is 1.52. The van der Waals surface area contributed by atoms with Gasteiger partial charge < -0.3 is 10.8 Å². The van der Waals surface area contributed by atoms with Gasteiger partial charge in [-0.05, 0) is 0 Å². The van der Waals surface area contributed by atoms with E-state index >= 15 is 0 Å². The van der Waals surface area contributed by atoms with Crippen LogP contribution in [0.4, 0.5) is 0 Å². The summed E-state index contributed by atoms with van der Waals surface area (Å²) >= 11 is 0. The van der Waals surface area contributed by atoms with Crippen LogP contribution in [0, 0.1) is 10.8 Å². The molecule has 0 unspecified atom stereocenters. The normalized spacial score (nSPS) is 4.57. The van der Waals surface area contributed by atoms with Crippen LogP contribution < -0.4 is 0 Å². The smallest absolute Gasteiger partial charge is 0.0169 e. The first-order valence-electron chi connectivity index (χ1n) is 1.39. The lowest BCUT2D eigenvalue weighted by Gasteiger charge is -1.61. The van der Waals surface area contributed by atoms with Gasteiger partial charge in [-0.15, -0.1) is 24.8 Å². The van der Waals surface area contributed by atoms with Crippen LogP contribution in [0.15, 0.2) is 0 Å². The lowest BCUT2D eigenvalue weighted by molar-refractivity contribution is 1.45. The molecule has 0 heterocycles. The maximum atomic E-state index is 6.33. The van der Waals surface area contributed by atoms with E-state index in [0.717, 1.165) is 0 Å². The molecule has 0 aliphatic heterocycles. The van der Waals surface area contributed by atoms with Crippen molar-refractivity contribution < 1.29 is 0 Å². The standard InChI is InChI=1S/C3H6N2.2ClH/c4-2-1-3-5;;/h2-5H,1H2;2*1H. The van der Waals surface area contributed by atoms with Gasteiger partial charge in [-0.2, -0.15) is 0 Å². The Balaban J connectivity index is -0.0000000800. The summed E-state index contributed by atoms with van der Waals surface area (Å²) in [6, 6.07) is 0. The van der Waals surface area contributed by atoms with E-state index in [9.17, 15) is 0 Å². The SMILES string of the molecule is Cl.Cl.N=CCC=N. The third kappa shape index (κ3) is 24.7. The Hall–Kier alpha value is -0.0800. The lowest BCUT2D eigenvalue weighted by Crippen LogP contribution is -1.67. The highest BCUT2D eigenvalue weighted by molar-refractivity contribution is 5.85. The number of halogens is 2. The van der Waals surface area contributed by atoms with Crippen LogP contribution in [-0.2, 0) is 0 Å². The topological polar surface area (TPSA) is 47.7 Å². The Morgan fingerprint density at radius 3 is 1.29 bits per heavy atom. The first-order valence-corrected chi connectivity index (χ1v) is 1.39. The van der Waals surface area contributed by atoms with Gasteiger partial charge in [-0.25, -0.2) is 0 Å². The maximum absolute atomic E-state index is 6.33. The minimum absolute atomic E-state index is 0. The Labute approximate surface area is 55.1 Å². The Bertz CT molecular complexity index is 40.2. The van der Waals surface area contributed by atoms with Crippen LogP contribution in [0.2, 0.25) is 0 Å². The molecule has 2 N–H and O–H groups in total. The van der Waals surface area contributed by atoms with Gasteiger partial charge in [0.2, 0.25) is 0 Å². The van der Waals surface area contributed by atoms with Gasteiger partial charge in [0.05, 0.1) is 0 Å². The molecule has 2 nitrogen and oxygen atoms in total. The molecular weight excluding hydrogens is 135 g/mol. The van der Waals surface area contributed by atoms with Crippen LogP contribution in [0.5, 0.6) is 0 Å². The first-order chi connectivity index (χ1) is 2.41. The van der Waals surface area contributed by atoms with Crippen LogP contribution in [-0.4, -0.2) is 12.4 Å². The van der Waals surface area contributed by atoms with Crippen LogP contribution in [0.3, 0.4) is 0 Å². The third-order valence-corrected chi connectivity index (χ3v) is 0.236. The van der Waals surface area contributed by atoms with E-state index < -0.39 is 0 Å². The highest BCUT2D eigenvalue weighted by Crippen LogP contribution is 1.52. The van der Waals surface area contributed by atoms with E-state index in [0.29, 0.717) is 6.42 Å². The minimum atomic E-state index is 0. The average molecular weight is 143 g/mol. The molecule has 0 amide bonds. The fraction of sp³-hybridized carbons (Fsp3) is 0.333. The molecule has 0 atom stereocenters. The van der Waals surface area contributed by atoms with Crippen LogP contribution in [0.25, 0.3) is 0 Å². The van der Waals surface area contributed by atoms with Crippen molar-refractivity contribution in [3.8, 4) is 0 Å². The molecule has 44 valence electrons. The second kappa shape index (κ2) is 16.8. The zero-order valence-corrected chi connectivity index (χ0v) is 5.31. The summed E-state index contributed by atoms with van der Waals surface area (Å²) in [7, 11) is 0. The molecule has 0 bridgehead atoms. The van der Waals surface area contributed by atoms with E-state index in [2.05, 4.69) is 0 Å². The largest absolute Gasteiger partial charge is 0.313 e. The fourth-order valence-electron chi connectivity index (χ4n) is 0.0589. The van der Waals surface area contributed by atoms with Gasteiger partial charge >= 0.3 is 0 Å². The molecule has 0 aromatic heterocycles. The minimum Gasteiger partial charge on any atom is -0.313 e. The molecule has 0 saturated heterocycles. The first kappa shape index (κ1) is 15.8. The molecule has 0 radical (unpaired) electrons. The summed E-state index contributed by atoms with van der Waals surface area (Å²) in [5, 5.41) is 12.7.